The van der Waals surface area contributed by atoms with Crippen LogP contribution in [0.2, 0.25) is 0 Å². The number of nitrogens with one attached hydrogen (secondary N) is 2. The summed E-state index contributed by atoms with van der Waals surface area (Å²) in [5, 5.41) is 5.06. The van der Waals surface area contributed by atoms with Gasteiger partial charge in [-0.3, -0.25) is 0 Å². The molecule has 6 rings (SSSR count). The molecule has 2 N–H and O–H groups in total. The number of benzene rings is 2. The van der Waals surface area contributed by atoms with Crippen LogP contribution in [-0.2, 0) is 13.1 Å². The average molecular weight is 537 g/mol. The second kappa shape index (κ2) is 11.2. The van der Waals surface area contributed by atoms with Crippen molar-refractivity contribution in [3.05, 3.63) is 72.3 Å². The summed E-state index contributed by atoms with van der Waals surface area (Å²) in [6, 6.07) is 17.0. The number of hydrogen-bond donors (Lipinski definition) is 2. The molecule has 0 atom stereocenters. The molecule has 40 heavy (non-hydrogen) atoms. The van der Waals surface area contributed by atoms with E-state index in [9.17, 15) is 0 Å². The molecule has 0 aliphatic carbocycles. The smallest absolute Gasteiger partial charge is 0.202 e. The van der Waals surface area contributed by atoms with Crippen molar-refractivity contribution in [2.24, 2.45) is 0 Å². The second-order valence-electron chi connectivity index (χ2n) is 11.0. The summed E-state index contributed by atoms with van der Waals surface area (Å²) in [5.74, 6) is 1.77. The van der Waals surface area contributed by atoms with Crippen molar-refractivity contribution in [3.63, 3.8) is 0 Å². The summed E-state index contributed by atoms with van der Waals surface area (Å²) >= 11 is 0. The molecule has 0 aliphatic rings. The van der Waals surface area contributed by atoms with Crippen molar-refractivity contribution >= 4 is 43.6 Å². The Morgan fingerprint density at radius 3 is 1.40 bits per heavy atom. The molecular formula is C34H40N4O2+2. The Balaban J connectivity index is 0.983. The highest BCUT2D eigenvalue weighted by Crippen LogP contribution is 2.30. The third-order valence-corrected chi connectivity index (χ3v) is 8.57. The van der Waals surface area contributed by atoms with Gasteiger partial charge in [0, 0.05) is 72.5 Å². The van der Waals surface area contributed by atoms with Crippen LogP contribution in [0.4, 0.5) is 0 Å². The van der Waals surface area contributed by atoms with E-state index >= 15 is 0 Å². The number of H-pyrrole nitrogens is 2. The molecule has 6 heteroatoms. The van der Waals surface area contributed by atoms with E-state index in [-0.39, 0.29) is 0 Å². The number of fused-ring (bicyclic) bond motifs is 6. The van der Waals surface area contributed by atoms with Crippen LogP contribution in [0.15, 0.2) is 60.9 Å². The fraction of sp³-hybridized carbons (Fsp3) is 0.353. The van der Waals surface area contributed by atoms with Crippen molar-refractivity contribution < 1.29 is 18.6 Å². The maximum atomic E-state index is 5.40. The molecular weight excluding hydrogens is 496 g/mol. The molecule has 0 radical (unpaired) electrons. The van der Waals surface area contributed by atoms with Crippen LogP contribution in [0.3, 0.4) is 0 Å². The number of aromatic nitrogens is 4. The summed E-state index contributed by atoms with van der Waals surface area (Å²) in [4.78, 5) is 7.23. The van der Waals surface area contributed by atoms with Crippen molar-refractivity contribution in [3.8, 4) is 11.5 Å². The number of methoxy groups -OCH3 is 2. The second-order valence-corrected chi connectivity index (χ2v) is 11.0. The summed E-state index contributed by atoms with van der Waals surface area (Å²) < 4.78 is 15.6. The Kier molecular flexibility index (Phi) is 7.33. The van der Waals surface area contributed by atoms with Gasteiger partial charge in [0.15, 0.2) is 12.4 Å². The first-order valence-electron chi connectivity index (χ1n) is 14.5. The third-order valence-electron chi connectivity index (χ3n) is 8.57. The van der Waals surface area contributed by atoms with Gasteiger partial charge in [-0.1, -0.05) is 12.8 Å². The Labute approximate surface area is 235 Å². The van der Waals surface area contributed by atoms with Gasteiger partial charge in [0.2, 0.25) is 11.4 Å². The molecule has 0 bridgehead atoms. The standard InChI is InChI=1S/C34H38N4O2/c1-23-33-29(27-13-11-25(39-3)21-31(27)35-33)15-19-37(23)17-9-7-5-6-8-10-18-38-20-16-30-28-14-12-26(40-4)22-32(28)36-34(30)24(38)2/h11-16,19-22H,5-10,17-18H2,1-4H3/p+2. The SMILES string of the molecule is COc1ccc2c(c1)[nH]c1c(C)[n+](CCCCCCCC[n+]3ccc4c([nH]c5cc(OC)ccc54)c3C)ccc12. The van der Waals surface area contributed by atoms with Gasteiger partial charge in [0.1, 0.15) is 35.6 Å². The topological polar surface area (TPSA) is 57.8 Å². The zero-order valence-corrected chi connectivity index (χ0v) is 24.1. The lowest BCUT2D eigenvalue weighted by Crippen LogP contribution is -2.36. The molecule has 0 saturated heterocycles. The number of rotatable bonds is 11. The lowest BCUT2D eigenvalue weighted by atomic mass is 10.1. The molecule has 206 valence electrons. The van der Waals surface area contributed by atoms with Crippen LogP contribution in [0.5, 0.6) is 11.5 Å². The largest absolute Gasteiger partial charge is 0.497 e. The third kappa shape index (κ3) is 4.87. The van der Waals surface area contributed by atoms with E-state index in [1.807, 2.05) is 12.1 Å². The van der Waals surface area contributed by atoms with Gasteiger partial charge in [-0.15, -0.1) is 0 Å². The van der Waals surface area contributed by atoms with Gasteiger partial charge < -0.3 is 19.4 Å². The highest BCUT2D eigenvalue weighted by atomic mass is 16.5. The molecule has 0 aliphatic heterocycles. The van der Waals surface area contributed by atoms with E-state index in [2.05, 4.69) is 81.7 Å². The first-order valence-corrected chi connectivity index (χ1v) is 14.5. The predicted octanol–water partition coefficient (Wildman–Crippen LogP) is 7.21. The molecule has 6 aromatic rings. The number of aryl methyl sites for hydroxylation is 4. The minimum Gasteiger partial charge on any atom is -0.497 e. The molecule has 0 saturated carbocycles. The summed E-state index contributed by atoms with van der Waals surface area (Å²) in [6.07, 6.45) is 12.0. The first kappa shape index (κ1) is 26.2. The van der Waals surface area contributed by atoms with E-state index in [4.69, 9.17) is 9.47 Å². The monoisotopic (exact) mass is 536 g/mol. The zero-order valence-electron chi connectivity index (χ0n) is 24.1. The zero-order chi connectivity index (χ0) is 27.6. The van der Waals surface area contributed by atoms with Gasteiger partial charge in [-0.05, 0) is 37.1 Å². The number of ether oxygens (including phenoxy) is 2. The highest BCUT2D eigenvalue weighted by Gasteiger charge is 2.17. The van der Waals surface area contributed by atoms with Crippen molar-refractivity contribution in [1.82, 2.24) is 9.97 Å². The van der Waals surface area contributed by atoms with Gasteiger partial charge in [0.05, 0.1) is 25.3 Å². The molecule has 6 nitrogen and oxygen atoms in total. The quantitative estimate of drug-likeness (QED) is 0.136. The molecule has 2 aromatic carbocycles. The number of hydrogen-bond acceptors (Lipinski definition) is 2. The minimum atomic E-state index is 0.884. The van der Waals surface area contributed by atoms with Crippen LogP contribution >= 0.6 is 0 Å². The molecule has 4 heterocycles. The van der Waals surface area contributed by atoms with Crippen molar-refractivity contribution in [2.75, 3.05) is 14.2 Å². The van der Waals surface area contributed by atoms with Gasteiger partial charge in [-0.2, -0.15) is 0 Å². The Morgan fingerprint density at radius 2 is 0.975 bits per heavy atom. The van der Waals surface area contributed by atoms with Crippen molar-refractivity contribution in [1.29, 1.82) is 0 Å². The maximum Gasteiger partial charge on any atom is 0.202 e. The van der Waals surface area contributed by atoms with Crippen molar-refractivity contribution in [2.45, 2.75) is 65.5 Å². The fourth-order valence-corrected chi connectivity index (χ4v) is 6.16. The van der Waals surface area contributed by atoms with Crippen LogP contribution in [0.25, 0.3) is 43.6 Å². The van der Waals surface area contributed by atoms with E-state index in [0.717, 1.165) is 35.6 Å². The lowest BCUT2D eigenvalue weighted by Gasteiger charge is -2.04. The number of unbranched alkanes of at least 4 members (excludes halogenated alkanes) is 5. The Morgan fingerprint density at radius 1 is 0.550 bits per heavy atom. The fourth-order valence-electron chi connectivity index (χ4n) is 6.16. The van der Waals surface area contributed by atoms with E-state index < -0.39 is 0 Å². The molecule has 0 amide bonds. The predicted molar refractivity (Wildman–Crippen MR) is 162 cm³/mol. The highest BCUT2D eigenvalue weighted by molar-refractivity contribution is 6.08. The minimum absolute atomic E-state index is 0.884. The molecule has 0 unspecified atom stereocenters. The van der Waals surface area contributed by atoms with Crippen LogP contribution in [0, 0.1) is 13.8 Å². The number of aromatic amines is 2. The summed E-state index contributed by atoms with van der Waals surface area (Å²) in [5.41, 5.74) is 7.31. The number of nitrogens with zero attached hydrogens (tertiary/aromatic N) is 2. The van der Waals surface area contributed by atoms with E-state index in [1.165, 1.54) is 82.5 Å². The Hall–Kier alpha value is -4.06. The van der Waals surface area contributed by atoms with E-state index in [1.54, 1.807) is 14.2 Å². The molecule has 4 aromatic heterocycles. The lowest BCUT2D eigenvalue weighted by molar-refractivity contribution is -0.702. The van der Waals surface area contributed by atoms with E-state index in [0.29, 0.717) is 0 Å². The summed E-state index contributed by atoms with van der Waals surface area (Å²) in [6.45, 7) is 6.56. The normalized spacial score (nSPS) is 11.8. The first-order chi connectivity index (χ1) is 19.6. The van der Waals surface area contributed by atoms with Gasteiger partial charge in [-0.25, -0.2) is 9.13 Å². The maximum absolute atomic E-state index is 5.40. The van der Waals surface area contributed by atoms with Crippen LogP contribution in [0.1, 0.15) is 49.9 Å². The van der Waals surface area contributed by atoms with Gasteiger partial charge >= 0.3 is 0 Å². The number of pyridine rings is 2. The molecule has 0 fully saturated rings. The van der Waals surface area contributed by atoms with Crippen LogP contribution in [-0.4, -0.2) is 24.2 Å². The van der Waals surface area contributed by atoms with Gasteiger partial charge in [0.25, 0.3) is 0 Å². The Bertz CT molecular complexity index is 1680. The summed E-state index contributed by atoms with van der Waals surface area (Å²) in [7, 11) is 3.43. The molecule has 0 spiro atoms. The average Bonchev–Trinajstić information content (AvgIpc) is 3.54. The van der Waals surface area contributed by atoms with Crippen LogP contribution < -0.4 is 18.6 Å².